The van der Waals surface area contributed by atoms with Gasteiger partial charge >= 0.3 is 12.1 Å². The van der Waals surface area contributed by atoms with Crippen LogP contribution in [-0.2, 0) is 22.3 Å². The third-order valence-corrected chi connectivity index (χ3v) is 3.35. The average molecular weight is 351 g/mol. The molecule has 132 valence electrons. The SMILES string of the molecule is Cc1cccc(COC(=O)CNC(=O)c2ccc(C(F)(F)F)cc2)c1. The Bertz CT molecular complexity index is 755. The quantitative estimate of drug-likeness (QED) is 0.839. The van der Waals surface area contributed by atoms with Gasteiger partial charge in [-0.1, -0.05) is 29.8 Å². The van der Waals surface area contributed by atoms with Crippen LogP contribution in [0.15, 0.2) is 48.5 Å². The first-order chi connectivity index (χ1) is 11.8. The normalized spacial score (nSPS) is 11.0. The molecule has 1 N–H and O–H groups in total. The second kappa shape index (κ2) is 7.83. The van der Waals surface area contributed by atoms with Gasteiger partial charge < -0.3 is 10.1 Å². The lowest BCUT2D eigenvalue weighted by Crippen LogP contribution is -2.30. The average Bonchev–Trinajstić information content (AvgIpc) is 2.57. The summed E-state index contributed by atoms with van der Waals surface area (Å²) in [4.78, 5) is 23.5. The van der Waals surface area contributed by atoms with Gasteiger partial charge in [-0.2, -0.15) is 13.2 Å². The van der Waals surface area contributed by atoms with Crippen molar-refractivity contribution in [3.05, 3.63) is 70.8 Å². The van der Waals surface area contributed by atoms with E-state index in [0.717, 1.165) is 35.4 Å². The Labute approximate surface area is 142 Å². The van der Waals surface area contributed by atoms with Crippen molar-refractivity contribution in [2.45, 2.75) is 19.7 Å². The van der Waals surface area contributed by atoms with Crippen molar-refractivity contribution in [2.24, 2.45) is 0 Å². The van der Waals surface area contributed by atoms with Crippen LogP contribution in [0.5, 0.6) is 0 Å². The molecule has 2 aromatic carbocycles. The van der Waals surface area contributed by atoms with Crippen molar-refractivity contribution >= 4 is 11.9 Å². The van der Waals surface area contributed by atoms with Crippen molar-refractivity contribution in [1.82, 2.24) is 5.32 Å². The van der Waals surface area contributed by atoms with E-state index in [1.165, 1.54) is 0 Å². The molecule has 0 aromatic heterocycles. The number of nitrogens with one attached hydrogen (secondary N) is 1. The van der Waals surface area contributed by atoms with Gasteiger partial charge in [0.1, 0.15) is 13.2 Å². The first-order valence-corrected chi connectivity index (χ1v) is 7.42. The minimum absolute atomic E-state index is 0.0273. The van der Waals surface area contributed by atoms with Gasteiger partial charge in [0, 0.05) is 5.56 Å². The zero-order valence-electron chi connectivity index (χ0n) is 13.4. The van der Waals surface area contributed by atoms with Crippen LogP contribution >= 0.6 is 0 Å². The summed E-state index contributed by atoms with van der Waals surface area (Å²) in [6, 6.07) is 11.2. The second-order valence-electron chi connectivity index (χ2n) is 5.41. The topological polar surface area (TPSA) is 55.4 Å². The van der Waals surface area contributed by atoms with E-state index in [2.05, 4.69) is 5.32 Å². The molecule has 4 nitrogen and oxygen atoms in total. The van der Waals surface area contributed by atoms with Gasteiger partial charge in [0.25, 0.3) is 5.91 Å². The molecular formula is C18H16F3NO3. The number of carbonyl (C=O) groups is 2. The Kier molecular flexibility index (Phi) is 5.80. The first-order valence-electron chi connectivity index (χ1n) is 7.42. The molecule has 0 aliphatic carbocycles. The molecule has 0 bridgehead atoms. The van der Waals surface area contributed by atoms with Crippen LogP contribution in [0.25, 0.3) is 0 Å². The largest absolute Gasteiger partial charge is 0.460 e. The highest BCUT2D eigenvalue weighted by Crippen LogP contribution is 2.29. The van der Waals surface area contributed by atoms with E-state index in [0.29, 0.717) is 0 Å². The predicted octanol–water partition coefficient (Wildman–Crippen LogP) is 3.49. The number of halogens is 3. The molecule has 0 saturated heterocycles. The zero-order valence-corrected chi connectivity index (χ0v) is 13.4. The number of carbonyl (C=O) groups excluding carboxylic acids is 2. The maximum atomic E-state index is 12.5. The van der Waals surface area contributed by atoms with E-state index in [4.69, 9.17) is 4.74 Å². The highest BCUT2D eigenvalue weighted by molar-refractivity contribution is 5.95. The summed E-state index contributed by atoms with van der Waals surface area (Å²) in [7, 11) is 0. The summed E-state index contributed by atoms with van der Waals surface area (Å²) in [5.74, 6) is -1.29. The Hall–Kier alpha value is -2.83. The molecule has 0 spiro atoms. The number of ether oxygens (including phenoxy) is 1. The third-order valence-electron chi connectivity index (χ3n) is 3.35. The lowest BCUT2D eigenvalue weighted by Gasteiger charge is -2.09. The molecular weight excluding hydrogens is 335 g/mol. The molecule has 0 unspecified atom stereocenters. The predicted molar refractivity (Wildman–Crippen MR) is 84.8 cm³/mol. The number of hydrogen-bond acceptors (Lipinski definition) is 3. The van der Waals surface area contributed by atoms with Crippen LogP contribution in [-0.4, -0.2) is 18.4 Å². The molecule has 2 rings (SSSR count). The fraction of sp³-hybridized carbons (Fsp3) is 0.222. The maximum Gasteiger partial charge on any atom is 0.416 e. The Morgan fingerprint density at radius 1 is 1.08 bits per heavy atom. The minimum Gasteiger partial charge on any atom is -0.460 e. The van der Waals surface area contributed by atoms with E-state index in [1.807, 2.05) is 25.1 Å². The van der Waals surface area contributed by atoms with Crippen molar-refractivity contribution in [2.75, 3.05) is 6.54 Å². The van der Waals surface area contributed by atoms with E-state index < -0.39 is 23.6 Å². The number of rotatable bonds is 5. The van der Waals surface area contributed by atoms with E-state index in [1.54, 1.807) is 6.07 Å². The summed E-state index contributed by atoms with van der Waals surface area (Å²) in [6.45, 7) is 1.62. The van der Waals surface area contributed by atoms with Crippen LogP contribution in [0.2, 0.25) is 0 Å². The Morgan fingerprint density at radius 3 is 2.36 bits per heavy atom. The van der Waals surface area contributed by atoms with Crippen molar-refractivity contribution in [3.63, 3.8) is 0 Å². The maximum absolute atomic E-state index is 12.5. The van der Waals surface area contributed by atoms with Crippen molar-refractivity contribution < 1.29 is 27.5 Å². The van der Waals surface area contributed by atoms with Crippen LogP contribution in [0.3, 0.4) is 0 Å². The standard InChI is InChI=1S/C18H16F3NO3/c1-12-3-2-4-13(9-12)11-25-16(23)10-22-17(24)14-5-7-15(8-6-14)18(19,20)21/h2-9H,10-11H2,1H3,(H,22,24). The molecule has 0 fully saturated rings. The van der Waals surface area contributed by atoms with Crippen LogP contribution in [0.1, 0.15) is 27.0 Å². The van der Waals surface area contributed by atoms with Gasteiger partial charge in [0.15, 0.2) is 0 Å². The van der Waals surface area contributed by atoms with Gasteiger partial charge in [0.05, 0.1) is 5.56 Å². The lowest BCUT2D eigenvalue weighted by atomic mass is 10.1. The molecule has 0 heterocycles. The lowest BCUT2D eigenvalue weighted by molar-refractivity contribution is -0.143. The summed E-state index contributed by atoms with van der Waals surface area (Å²) in [5, 5.41) is 2.31. The summed E-state index contributed by atoms with van der Waals surface area (Å²) >= 11 is 0. The number of esters is 1. The zero-order chi connectivity index (χ0) is 18.4. The summed E-state index contributed by atoms with van der Waals surface area (Å²) < 4.78 is 42.4. The number of hydrogen-bond donors (Lipinski definition) is 1. The molecule has 0 aliphatic heterocycles. The van der Waals surface area contributed by atoms with Gasteiger partial charge in [-0.15, -0.1) is 0 Å². The van der Waals surface area contributed by atoms with E-state index >= 15 is 0 Å². The highest BCUT2D eigenvalue weighted by Gasteiger charge is 2.30. The number of benzene rings is 2. The van der Waals surface area contributed by atoms with Crippen molar-refractivity contribution in [1.29, 1.82) is 0 Å². The molecule has 0 aliphatic rings. The minimum atomic E-state index is -4.46. The van der Waals surface area contributed by atoms with Crippen molar-refractivity contribution in [3.8, 4) is 0 Å². The molecule has 25 heavy (non-hydrogen) atoms. The Balaban J connectivity index is 1.82. The molecule has 2 aromatic rings. The van der Waals surface area contributed by atoms with Gasteiger partial charge in [-0.05, 0) is 36.8 Å². The second-order valence-corrected chi connectivity index (χ2v) is 5.41. The van der Waals surface area contributed by atoms with Crippen LogP contribution in [0, 0.1) is 6.92 Å². The number of amides is 1. The molecule has 0 atom stereocenters. The number of alkyl halides is 3. The summed E-state index contributed by atoms with van der Waals surface area (Å²) in [5.41, 5.74) is 1.03. The van der Waals surface area contributed by atoms with E-state index in [-0.39, 0.29) is 18.7 Å². The molecule has 0 saturated carbocycles. The third kappa shape index (κ3) is 5.63. The monoisotopic (exact) mass is 351 g/mol. The molecule has 7 heteroatoms. The molecule has 1 amide bonds. The van der Waals surface area contributed by atoms with Crippen LogP contribution < -0.4 is 5.32 Å². The van der Waals surface area contributed by atoms with Gasteiger partial charge in [-0.25, -0.2) is 0 Å². The fourth-order valence-corrected chi connectivity index (χ4v) is 2.08. The van der Waals surface area contributed by atoms with Crippen LogP contribution in [0.4, 0.5) is 13.2 Å². The van der Waals surface area contributed by atoms with Gasteiger partial charge in [0.2, 0.25) is 0 Å². The summed E-state index contributed by atoms with van der Waals surface area (Å²) in [6.07, 6.45) is -4.46. The van der Waals surface area contributed by atoms with Gasteiger partial charge in [-0.3, -0.25) is 9.59 Å². The highest BCUT2D eigenvalue weighted by atomic mass is 19.4. The molecule has 0 radical (unpaired) electrons. The first kappa shape index (κ1) is 18.5. The number of aryl methyl sites for hydroxylation is 1. The Morgan fingerprint density at radius 2 is 1.76 bits per heavy atom. The van der Waals surface area contributed by atoms with E-state index in [9.17, 15) is 22.8 Å². The smallest absolute Gasteiger partial charge is 0.416 e. The fourth-order valence-electron chi connectivity index (χ4n) is 2.08.